The molecule has 1 saturated heterocycles. The van der Waals surface area contributed by atoms with E-state index < -0.39 is 0 Å². The van der Waals surface area contributed by atoms with Crippen molar-refractivity contribution in [1.82, 2.24) is 9.88 Å². The zero-order valence-electron chi connectivity index (χ0n) is 10.0. The van der Waals surface area contributed by atoms with Gasteiger partial charge in [0.2, 0.25) is 0 Å². The Balaban J connectivity index is 1.97. The maximum Gasteiger partial charge on any atom is 0.129 e. The van der Waals surface area contributed by atoms with E-state index in [9.17, 15) is 0 Å². The van der Waals surface area contributed by atoms with Gasteiger partial charge in [0.25, 0.3) is 0 Å². The zero-order chi connectivity index (χ0) is 11.6. The lowest BCUT2D eigenvalue weighted by Crippen LogP contribution is -2.39. The molecule has 0 bridgehead atoms. The number of halogens is 1. The molecule has 1 aliphatic heterocycles. The van der Waals surface area contributed by atoms with Crippen LogP contribution in [0.2, 0.25) is 5.15 Å². The highest BCUT2D eigenvalue weighted by atomic mass is 35.5. The first kappa shape index (κ1) is 11.9. The Kier molecular flexibility index (Phi) is 3.50. The fraction of sp³-hybridized carbons (Fsp3) is 0.615. The second kappa shape index (κ2) is 4.72. The molecule has 88 valence electrons. The SMILES string of the molecule is CC1(C)CCCN(Cc2ccc(Cl)nc2)C1. The number of nitrogens with zero attached hydrogens (tertiary/aromatic N) is 2. The molecule has 16 heavy (non-hydrogen) atoms. The highest BCUT2D eigenvalue weighted by molar-refractivity contribution is 6.29. The van der Waals surface area contributed by atoms with Gasteiger partial charge in [-0.05, 0) is 36.4 Å². The van der Waals surface area contributed by atoms with Gasteiger partial charge >= 0.3 is 0 Å². The van der Waals surface area contributed by atoms with Crippen molar-refractivity contribution in [2.24, 2.45) is 5.41 Å². The van der Waals surface area contributed by atoms with Gasteiger partial charge in [0, 0.05) is 19.3 Å². The first-order chi connectivity index (χ1) is 7.55. The predicted molar refractivity (Wildman–Crippen MR) is 67.5 cm³/mol. The topological polar surface area (TPSA) is 16.1 Å². The molecule has 0 unspecified atom stereocenters. The molecule has 0 atom stereocenters. The predicted octanol–water partition coefficient (Wildman–Crippen LogP) is 3.36. The number of pyridine rings is 1. The minimum Gasteiger partial charge on any atom is -0.298 e. The van der Waals surface area contributed by atoms with E-state index in [1.165, 1.54) is 31.5 Å². The summed E-state index contributed by atoms with van der Waals surface area (Å²) in [5.41, 5.74) is 1.71. The molecule has 0 radical (unpaired) electrons. The molecule has 0 spiro atoms. The molecule has 2 rings (SSSR count). The summed E-state index contributed by atoms with van der Waals surface area (Å²) in [6, 6.07) is 3.93. The Morgan fingerprint density at radius 2 is 2.25 bits per heavy atom. The van der Waals surface area contributed by atoms with Crippen molar-refractivity contribution in [1.29, 1.82) is 0 Å². The van der Waals surface area contributed by atoms with Crippen molar-refractivity contribution in [2.45, 2.75) is 33.2 Å². The normalized spacial score (nSPS) is 20.9. The molecule has 3 heteroatoms. The van der Waals surface area contributed by atoms with Crippen molar-refractivity contribution >= 4 is 11.6 Å². The summed E-state index contributed by atoms with van der Waals surface area (Å²) in [5, 5.41) is 0.572. The van der Waals surface area contributed by atoms with Crippen LogP contribution in [0.5, 0.6) is 0 Å². The Bertz CT molecular complexity index is 345. The van der Waals surface area contributed by atoms with Crippen molar-refractivity contribution in [3.63, 3.8) is 0 Å². The maximum absolute atomic E-state index is 5.78. The zero-order valence-corrected chi connectivity index (χ0v) is 10.8. The smallest absolute Gasteiger partial charge is 0.129 e. The molecule has 0 N–H and O–H groups in total. The molecule has 0 amide bonds. The van der Waals surface area contributed by atoms with Crippen LogP contribution in [0.25, 0.3) is 0 Å². The first-order valence-corrected chi connectivity index (χ1v) is 6.26. The summed E-state index contributed by atoms with van der Waals surface area (Å²) < 4.78 is 0. The summed E-state index contributed by atoms with van der Waals surface area (Å²) in [5.74, 6) is 0. The second-order valence-electron chi connectivity index (χ2n) is 5.47. The molecule has 2 nitrogen and oxygen atoms in total. The van der Waals surface area contributed by atoms with Gasteiger partial charge in [0.1, 0.15) is 5.15 Å². The molecule has 0 aliphatic carbocycles. The van der Waals surface area contributed by atoms with Crippen LogP contribution >= 0.6 is 11.6 Å². The average molecular weight is 239 g/mol. The Morgan fingerprint density at radius 1 is 1.44 bits per heavy atom. The Hall–Kier alpha value is -0.600. The lowest BCUT2D eigenvalue weighted by atomic mass is 9.84. The van der Waals surface area contributed by atoms with Gasteiger partial charge in [-0.1, -0.05) is 31.5 Å². The molecular formula is C13H19ClN2. The fourth-order valence-electron chi connectivity index (χ4n) is 2.44. The van der Waals surface area contributed by atoms with Gasteiger partial charge in [-0.2, -0.15) is 0 Å². The summed E-state index contributed by atoms with van der Waals surface area (Å²) in [6.45, 7) is 8.06. The highest BCUT2D eigenvalue weighted by Crippen LogP contribution is 2.29. The summed E-state index contributed by atoms with van der Waals surface area (Å²) in [7, 11) is 0. The number of likely N-dealkylation sites (tertiary alicyclic amines) is 1. The maximum atomic E-state index is 5.78. The van der Waals surface area contributed by atoms with E-state index in [1.807, 2.05) is 12.3 Å². The van der Waals surface area contributed by atoms with Crippen LogP contribution in [0.1, 0.15) is 32.3 Å². The van der Waals surface area contributed by atoms with Crippen LogP contribution in [0.3, 0.4) is 0 Å². The van der Waals surface area contributed by atoms with Gasteiger partial charge in [0.05, 0.1) is 0 Å². The molecule has 1 fully saturated rings. The fourth-order valence-corrected chi connectivity index (χ4v) is 2.55. The van der Waals surface area contributed by atoms with E-state index in [-0.39, 0.29) is 0 Å². The molecule has 0 aromatic carbocycles. The molecule has 1 aromatic heterocycles. The minimum atomic E-state index is 0.456. The lowest BCUT2D eigenvalue weighted by molar-refractivity contribution is 0.111. The standard InChI is InChI=1S/C13H19ClN2/c1-13(2)6-3-7-16(10-13)9-11-4-5-12(14)15-8-11/h4-5,8H,3,6-7,9-10H2,1-2H3. The third-order valence-electron chi connectivity index (χ3n) is 3.17. The quantitative estimate of drug-likeness (QED) is 0.735. The second-order valence-corrected chi connectivity index (χ2v) is 5.85. The van der Waals surface area contributed by atoms with Crippen LogP contribution in [-0.2, 0) is 6.54 Å². The summed E-state index contributed by atoms with van der Waals surface area (Å²) in [6.07, 6.45) is 4.51. The number of piperidine rings is 1. The third-order valence-corrected chi connectivity index (χ3v) is 3.40. The largest absolute Gasteiger partial charge is 0.298 e. The van der Waals surface area contributed by atoms with Crippen LogP contribution < -0.4 is 0 Å². The molecule has 2 heterocycles. The van der Waals surface area contributed by atoms with E-state index in [0.29, 0.717) is 10.6 Å². The molecule has 1 aliphatic rings. The van der Waals surface area contributed by atoms with Gasteiger partial charge in [-0.25, -0.2) is 4.98 Å². The van der Waals surface area contributed by atoms with E-state index in [1.54, 1.807) is 0 Å². The number of rotatable bonds is 2. The number of hydrogen-bond donors (Lipinski definition) is 0. The van der Waals surface area contributed by atoms with E-state index >= 15 is 0 Å². The summed E-state index contributed by atoms with van der Waals surface area (Å²) in [4.78, 5) is 6.63. The van der Waals surface area contributed by atoms with Crippen molar-refractivity contribution in [3.05, 3.63) is 29.0 Å². The minimum absolute atomic E-state index is 0.456. The van der Waals surface area contributed by atoms with Crippen LogP contribution in [0, 0.1) is 5.41 Å². The van der Waals surface area contributed by atoms with Gasteiger partial charge < -0.3 is 0 Å². The Morgan fingerprint density at radius 3 is 2.88 bits per heavy atom. The van der Waals surface area contributed by atoms with E-state index in [2.05, 4.69) is 29.8 Å². The molecule has 1 aromatic rings. The van der Waals surface area contributed by atoms with Gasteiger partial charge in [-0.3, -0.25) is 4.90 Å². The monoisotopic (exact) mass is 238 g/mol. The third kappa shape index (κ3) is 3.19. The molecular weight excluding hydrogens is 220 g/mol. The number of hydrogen-bond acceptors (Lipinski definition) is 2. The van der Waals surface area contributed by atoms with Crippen LogP contribution in [0.15, 0.2) is 18.3 Å². The molecule has 0 saturated carbocycles. The lowest BCUT2D eigenvalue weighted by Gasteiger charge is -2.38. The number of aromatic nitrogens is 1. The summed E-state index contributed by atoms with van der Waals surface area (Å²) >= 11 is 5.78. The van der Waals surface area contributed by atoms with Crippen LogP contribution in [0.4, 0.5) is 0 Å². The van der Waals surface area contributed by atoms with Gasteiger partial charge in [-0.15, -0.1) is 0 Å². The van der Waals surface area contributed by atoms with E-state index in [4.69, 9.17) is 11.6 Å². The van der Waals surface area contributed by atoms with Crippen molar-refractivity contribution < 1.29 is 0 Å². The first-order valence-electron chi connectivity index (χ1n) is 5.88. The Labute approximate surface area is 103 Å². The average Bonchev–Trinajstić information content (AvgIpc) is 2.20. The van der Waals surface area contributed by atoms with E-state index in [0.717, 1.165) is 6.54 Å². The van der Waals surface area contributed by atoms with Crippen molar-refractivity contribution in [2.75, 3.05) is 13.1 Å². The highest BCUT2D eigenvalue weighted by Gasteiger charge is 2.26. The van der Waals surface area contributed by atoms with Gasteiger partial charge in [0.15, 0.2) is 0 Å². The van der Waals surface area contributed by atoms with Crippen molar-refractivity contribution in [3.8, 4) is 0 Å². The van der Waals surface area contributed by atoms with Crippen LogP contribution in [-0.4, -0.2) is 23.0 Å².